The highest BCUT2D eigenvalue weighted by molar-refractivity contribution is 14.1. The molecule has 2 saturated heterocycles. The molecule has 0 unspecified atom stereocenters. The summed E-state index contributed by atoms with van der Waals surface area (Å²) in [6, 6.07) is 7.49. The maximum atomic E-state index is 12.5. The number of aryl methyl sites for hydroxylation is 1. The van der Waals surface area contributed by atoms with E-state index >= 15 is 0 Å². The van der Waals surface area contributed by atoms with Crippen LogP contribution in [-0.2, 0) is 17.7 Å². The summed E-state index contributed by atoms with van der Waals surface area (Å²) in [5.74, 6) is 0.538. The van der Waals surface area contributed by atoms with Gasteiger partial charge in [0.15, 0.2) is 0 Å². The lowest BCUT2D eigenvalue weighted by Crippen LogP contribution is -2.46. The normalized spacial score (nSPS) is 18.7. The summed E-state index contributed by atoms with van der Waals surface area (Å²) in [7, 11) is 0. The van der Waals surface area contributed by atoms with Crippen molar-refractivity contribution in [2.75, 3.05) is 26.3 Å². The molecule has 0 aliphatic carbocycles. The van der Waals surface area contributed by atoms with Crippen molar-refractivity contribution >= 4 is 39.8 Å². The minimum absolute atomic E-state index is 0.0480. The van der Waals surface area contributed by atoms with Crippen molar-refractivity contribution in [2.24, 2.45) is 0 Å². The molecule has 5 heterocycles. The first-order valence-electron chi connectivity index (χ1n) is 11.4. The van der Waals surface area contributed by atoms with Crippen LogP contribution in [0.5, 0.6) is 5.75 Å². The van der Waals surface area contributed by atoms with Crippen molar-refractivity contribution in [3.8, 4) is 5.75 Å². The highest BCUT2D eigenvalue weighted by Crippen LogP contribution is 2.22. The van der Waals surface area contributed by atoms with Crippen LogP contribution in [0.15, 0.2) is 41.5 Å². The summed E-state index contributed by atoms with van der Waals surface area (Å²) in [6.07, 6.45) is 5.13. The Morgan fingerprint density at radius 3 is 2.85 bits per heavy atom. The molecule has 1 N–H and O–H groups in total. The van der Waals surface area contributed by atoms with Gasteiger partial charge in [0.25, 0.3) is 11.5 Å². The molecule has 0 bridgehead atoms. The molecule has 3 aromatic rings. The Kier molecular flexibility index (Phi) is 6.79. The topological polar surface area (TPSA) is 101 Å². The van der Waals surface area contributed by atoms with Crippen molar-refractivity contribution < 1.29 is 14.3 Å². The van der Waals surface area contributed by atoms with Crippen LogP contribution in [0.25, 0.3) is 11.0 Å². The summed E-state index contributed by atoms with van der Waals surface area (Å²) >= 11 is 2.02. The average Bonchev–Trinajstić information content (AvgIpc) is 3.24. The fourth-order valence-electron chi connectivity index (χ4n) is 4.21. The molecule has 0 spiro atoms. The number of fused-ring (bicyclic) bond motifs is 1. The van der Waals surface area contributed by atoms with E-state index in [0.717, 1.165) is 48.2 Å². The first-order chi connectivity index (χ1) is 16.5. The molecular weight excluding hydrogens is 549 g/mol. The second kappa shape index (κ2) is 9.96. The third-order valence-electron chi connectivity index (χ3n) is 6.24. The van der Waals surface area contributed by atoms with Crippen molar-refractivity contribution in [1.29, 1.82) is 0 Å². The summed E-state index contributed by atoms with van der Waals surface area (Å²) in [6.45, 7) is 5.54. The summed E-state index contributed by atoms with van der Waals surface area (Å²) in [5.41, 5.74) is 3.73. The Balaban J connectivity index is 1.17. The molecule has 1 atom stereocenters. The van der Waals surface area contributed by atoms with Gasteiger partial charge < -0.3 is 14.5 Å². The molecule has 2 fully saturated rings. The Morgan fingerprint density at radius 1 is 1.29 bits per heavy atom. The summed E-state index contributed by atoms with van der Waals surface area (Å²) < 4.78 is 12.9. The predicted octanol–water partition coefficient (Wildman–Crippen LogP) is 2.72. The van der Waals surface area contributed by atoms with E-state index in [2.05, 4.69) is 19.9 Å². The number of halogens is 1. The average molecular weight is 575 g/mol. The molecule has 0 aromatic carbocycles. The van der Waals surface area contributed by atoms with E-state index in [1.54, 1.807) is 21.4 Å². The molecule has 2 aliphatic rings. The fraction of sp³-hybridized carbons (Fsp3) is 0.417. The Hall–Kier alpha value is -2.57. The quantitative estimate of drug-likeness (QED) is 0.342. The number of amides is 1. The van der Waals surface area contributed by atoms with E-state index in [0.29, 0.717) is 31.1 Å². The predicted molar refractivity (Wildman–Crippen MR) is 135 cm³/mol. The number of ether oxygens (including phenoxy) is 2. The van der Waals surface area contributed by atoms with E-state index in [4.69, 9.17) is 9.47 Å². The first-order valence-corrected chi connectivity index (χ1v) is 12.4. The van der Waals surface area contributed by atoms with Crippen molar-refractivity contribution in [3.05, 3.63) is 63.8 Å². The fourth-order valence-corrected chi connectivity index (χ4v) is 4.78. The van der Waals surface area contributed by atoms with Crippen molar-refractivity contribution in [1.82, 2.24) is 23.0 Å². The third kappa shape index (κ3) is 4.93. The molecule has 3 aromatic heterocycles. The van der Waals surface area contributed by atoms with Gasteiger partial charge in [-0.05, 0) is 42.7 Å². The number of carbonyl (C=O) groups excluding carboxylic acids is 1. The standard InChI is InChI=1S/C24H26IN5O4/c1-2-16-8-21-22(28-23(16)31)7-15(9-26-21)11-29-6-5-19(12-29)34-18-3-4-20(27-10-18)24(32)30(25)17-13-33-14-17/h3-4,7-10,17,19H,2,5-6,11-14H2,1H3,(H,28,31)/t19-/m1/s1. The number of pyridine rings is 3. The van der Waals surface area contributed by atoms with Gasteiger partial charge in [-0.1, -0.05) is 6.92 Å². The Labute approximate surface area is 211 Å². The number of carbonyl (C=O) groups is 1. The van der Waals surface area contributed by atoms with E-state index in [9.17, 15) is 9.59 Å². The van der Waals surface area contributed by atoms with Gasteiger partial charge in [-0.2, -0.15) is 0 Å². The molecule has 34 heavy (non-hydrogen) atoms. The second-order valence-corrected chi connectivity index (χ2v) is 9.74. The highest BCUT2D eigenvalue weighted by atomic mass is 127. The van der Waals surface area contributed by atoms with Gasteiger partial charge in [0, 0.05) is 31.4 Å². The van der Waals surface area contributed by atoms with E-state index in [1.807, 2.05) is 48.1 Å². The molecule has 0 saturated carbocycles. The molecular formula is C24H26IN5O4. The monoisotopic (exact) mass is 575 g/mol. The van der Waals surface area contributed by atoms with Crippen LogP contribution in [0.1, 0.15) is 35.0 Å². The zero-order chi connectivity index (χ0) is 23.7. The van der Waals surface area contributed by atoms with Crippen LogP contribution in [0.2, 0.25) is 0 Å². The number of nitrogens with one attached hydrogen (secondary N) is 1. The number of hydrogen-bond acceptors (Lipinski definition) is 7. The van der Waals surface area contributed by atoms with E-state index in [-0.39, 0.29) is 23.6 Å². The van der Waals surface area contributed by atoms with Gasteiger partial charge in [-0.25, -0.2) is 4.98 Å². The number of aromatic nitrogens is 3. The lowest BCUT2D eigenvalue weighted by atomic mass is 10.1. The molecule has 9 nitrogen and oxygen atoms in total. The maximum absolute atomic E-state index is 12.5. The molecule has 1 amide bonds. The number of likely N-dealkylation sites (tertiary alicyclic amines) is 1. The molecule has 0 radical (unpaired) electrons. The maximum Gasteiger partial charge on any atom is 0.281 e. The van der Waals surface area contributed by atoms with Gasteiger partial charge in [-0.3, -0.25) is 22.6 Å². The van der Waals surface area contributed by atoms with Crippen LogP contribution in [0.3, 0.4) is 0 Å². The minimum atomic E-state index is -0.122. The summed E-state index contributed by atoms with van der Waals surface area (Å²) in [5, 5.41) is 0. The number of aromatic amines is 1. The number of hydrogen-bond donors (Lipinski definition) is 1. The van der Waals surface area contributed by atoms with Crippen LogP contribution in [0.4, 0.5) is 0 Å². The van der Waals surface area contributed by atoms with E-state index in [1.165, 1.54) is 0 Å². The zero-order valence-corrected chi connectivity index (χ0v) is 21.0. The molecule has 5 rings (SSSR count). The van der Waals surface area contributed by atoms with Crippen LogP contribution >= 0.6 is 22.9 Å². The van der Waals surface area contributed by atoms with Crippen LogP contribution < -0.4 is 10.3 Å². The Morgan fingerprint density at radius 2 is 2.15 bits per heavy atom. The van der Waals surface area contributed by atoms with Gasteiger partial charge in [0.05, 0.1) is 59.4 Å². The molecule has 178 valence electrons. The van der Waals surface area contributed by atoms with Crippen molar-refractivity contribution in [3.63, 3.8) is 0 Å². The lowest BCUT2D eigenvalue weighted by molar-refractivity contribution is -0.0239. The minimum Gasteiger partial charge on any atom is -0.487 e. The third-order valence-corrected chi connectivity index (χ3v) is 7.46. The van der Waals surface area contributed by atoms with Gasteiger partial charge in [0.2, 0.25) is 0 Å². The summed E-state index contributed by atoms with van der Waals surface area (Å²) in [4.78, 5) is 38.7. The smallest absolute Gasteiger partial charge is 0.281 e. The Bertz CT molecular complexity index is 1240. The second-order valence-electron chi connectivity index (χ2n) is 8.70. The number of rotatable bonds is 7. The number of nitrogens with zero attached hydrogens (tertiary/aromatic N) is 4. The van der Waals surface area contributed by atoms with Crippen LogP contribution in [0, 0.1) is 0 Å². The first kappa shape index (κ1) is 23.2. The van der Waals surface area contributed by atoms with E-state index < -0.39 is 0 Å². The molecule has 10 heteroatoms. The lowest BCUT2D eigenvalue weighted by Gasteiger charge is -2.32. The zero-order valence-electron chi connectivity index (χ0n) is 18.9. The van der Waals surface area contributed by atoms with Crippen molar-refractivity contribution in [2.45, 2.75) is 38.5 Å². The molecule has 2 aliphatic heterocycles. The number of H-pyrrole nitrogens is 1. The highest BCUT2D eigenvalue weighted by Gasteiger charge is 2.30. The van der Waals surface area contributed by atoms with Gasteiger partial charge in [0.1, 0.15) is 17.5 Å². The largest absolute Gasteiger partial charge is 0.487 e. The van der Waals surface area contributed by atoms with Gasteiger partial charge >= 0.3 is 0 Å². The SMILES string of the molecule is CCc1cc2ncc(CN3CC[C@@H](Oc4ccc(C(=O)N(I)C5COC5)nc4)C3)cc2[nH]c1=O. The van der Waals surface area contributed by atoms with Gasteiger partial charge in [-0.15, -0.1) is 0 Å². The van der Waals surface area contributed by atoms with Crippen LogP contribution in [-0.4, -0.2) is 67.3 Å².